The van der Waals surface area contributed by atoms with Gasteiger partial charge in [-0.2, -0.15) is 0 Å². The predicted molar refractivity (Wildman–Crippen MR) is 81.8 cm³/mol. The van der Waals surface area contributed by atoms with E-state index in [1.165, 1.54) is 6.07 Å². The van der Waals surface area contributed by atoms with E-state index < -0.39 is 0 Å². The Hall–Kier alpha value is -1.62. The largest absolute Gasteiger partial charge is 0.338 e. The first-order chi connectivity index (χ1) is 10.1. The maximum Gasteiger partial charge on any atom is 0.317 e. The number of nitrogens with one attached hydrogen (secondary N) is 1. The van der Waals surface area contributed by atoms with Crippen LogP contribution in [0.3, 0.4) is 0 Å². The molecule has 1 heterocycles. The second kappa shape index (κ2) is 7.41. The smallest absolute Gasteiger partial charge is 0.317 e. The number of rotatable bonds is 4. The van der Waals surface area contributed by atoms with E-state index in [4.69, 9.17) is 0 Å². The molecule has 1 N–H and O–H groups in total. The van der Waals surface area contributed by atoms with E-state index in [-0.39, 0.29) is 11.8 Å². The average Bonchev–Trinajstić information content (AvgIpc) is 2.49. The Morgan fingerprint density at radius 3 is 2.71 bits per heavy atom. The normalized spacial score (nSPS) is 16.7. The van der Waals surface area contributed by atoms with Gasteiger partial charge in [0.1, 0.15) is 5.82 Å². The third kappa shape index (κ3) is 4.43. The van der Waals surface area contributed by atoms with Crippen molar-refractivity contribution in [2.45, 2.75) is 25.3 Å². The van der Waals surface area contributed by atoms with E-state index in [9.17, 15) is 9.18 Å². The number of likely N-dealkylation sites (tertiary alicyclic amines) is 1. The Morgan fingerprint density at radius 1 is 1.38 bits per heavy atom. The van der Waals surface area contributed by atoms with E-state index in [2.05, 4.69) is 17.3 Å². The molecular formula is C16H24FN3O. The molecule has 0 aliphatic carbocycles. The summed E-state index contributed by atoms with van der Waals surface area (Å²) < 4.78 is 13.5. The molecule has 1 saturated heterocycles. The highest BCUT2D eigenvalue weighted by atomic mass is 19.1. The van der Waals surface area contributed by atoms with Gasteiger partial charge in [0, 0.05) is 19.6 Å². The van der Waals surface area contributed by atoms with Gasteiger partial charge in [-0.1, -0.05) is 18.2 Å². The molecule has 1 aromatic rings. The van der Waals surface area contributed by atoms with Crippen LogP contribution >= 0.6 is 0 Å². The van der Waals surface area contributed by atoms with Crippen LogP contribution in [-0.4, -0.2) is 55.6 Å². The van der Waals surface area contributed by atoms with Gasteiger partial charge in [0.25, 0.3) is 0 Å². The highest BCUT2D eigenvalue weighted by molar-refractivity contribution is 5.74. The van der Waals surface area contributed by atoms with Crippen molar-refractivity contribution in [1.82, 2.24) is 15.1 Å². The number of carbonyl (C=O) groups is 1. The number of benzene rings is 1. The fourth-order valence-corrected chi connectivity index (χ4v) is 2.68. The van der Waals surface area contributed by atoms with Crippen LogP contribution in [0, 0.1) is 5.82 Å². The molecule has 1 aliphatic heterocycles. The Labute approximate surface area is 125 Å². The Bertz CT molecular complexity index is 472. The maximum atomic E-state index is 13.5. The van der Waals surface area contributed by atoms with Gasteiger partial charge in [0.15, 0.2) is 0 Å². The van der Waals surface area contributed by atoms with Crippen LogP contribution in [0.25, 0.3) is 0 Å². The lowest BCUT2D eigenvalue weighted by Crippen LogP contribution is -2.48. The lowest BCUT2D eigenvalue weighted by atomic mass is 10.0. The van der Waals surface area contributed by atoms with Crippen molar-refractivity contribution >= 4 is 6.03 Å². The van der Waals surface area contributed by atoms with Crippen molar-refractivity contribution in [3.8, 4) is 0 Å². The molecule has 0 atom stereocenters. The van der Waals surface area contributed by atoms with Crippen molar-refractivity contribution < 1.29 is 9.18 Å². The van der Waals surface area contributed by atoms with Crippen LogP contribution in [0.1, 0.15) is 18.4 Å². The minimum Gasteiger partial charge on any atom is -0.338 e. The molecule has 1 aromatic carbocycles. The average molecular weight is 293 g/mol. The highest BCUT2D eigenvalue weighted by Crippen LogP contribution is 2.14. The number of nitrogens with zero attached hydrogens (tertiary/aromatic N) is 2. The lowest BCUT2D eigenvalue weighted by Gasteiger charge is -2.35. The van der Waals surface area contributed by atoms with Gasteiger partial charge in [0.05, 0.1) is 0 Å². The summed E-state index contributed by atoms with van der Waals surface area (Å²) in [6.45, 7) is 2.51. The van der Waals surface area contributed by atoms with Crippen molar-refractivity contribution in [2.75, 3.05) is 33.7 Å². The lowest BCUT2D eigenvalue weighted by molar-refractivity contribution is 0.148. The fraction of sp³-hybridized carbons (Fsp3) is 0.562. The molecular weight excluding hydrogens is 269 g/mol. The number of carbonyl (C=O) groups excluding carboxylic acids is 1. The van der Waals surface area contributed by atoms with Crippen molar-refractivity contribution in [2.24, 2.45) is 0 Å². The highest BCUT2D eigenvalue weighted by Gasteiger charge is 2.23. The van der Waals surface area contributed by atoms with Gasteiger partial charge in [-0.25, -0.2) is 9.18 Å². The van der Waals surface area contributed by atoms with Crippen molar-refractivity contribution in [3.05, 3.63) is 35.6 Å². The van der Waals surface area contributed by atoms with E-state index in [1.807, 2.05) is 13.1 Å². The van der Waals surface area contributed by atoms with Crippen LogP contribution < -0.4 is 5.32 Å². The van der Waals surface area contributed by atoms with Crippen LogP contribution in [0.15, 0.2) is 24.3 Å². The number of urea groups is 1. The Morgan fingerprint density at radius 2 is 2.05 bits per heavy atom. The number of piperidine rings is 1. The number of hydrogen-bond donors (Lipinski definition) is 1. The topological polar surface area (TPSA) is 35.6 Å². The Kier molecular flexibility index (Phi) is 5.56. The second-order valence-electron chi connectivity index (χ2n) is 5.72. The summed E-state index contributed by atoms with van der Waals surface area (Å²) in [5.74, 6) is -0.213. The van der Waals surface area contributed by atoms with Crippen LogP contribution in [0.4, 0.5) is 9.18 Å². The zero-order chi connectivity index (χ0) is 15.2. The van der Waals surface area contributed by atoms with E-state index in [0.717, 1.165) is 25.9 Å². The van der Waals surface area contributed by atoms with Crippen LogP contribution in [0.2, 0.25) is 0 Å². The Balaban J connectivity index is 1.75. The van der Waals surface area contributed by atoms with Crippen LogP contribution in [-0.2, 0) is 6.42 Å². The molecule has 1 aliphatic rings. The monoisotopic (exact) mass is 293 g/mol. The van der Waals surface area contributed by atoms with Gasteiger partial charge in [-0.15, -0.1) is 0 Å². The summed E-state index contributed by atoms with van der Waals surface area (Å²) in [4.78, 5) is 16.2. The van der Waals surface area contributed by atoms with E-state index >= 15 is 0 Å². The summed E-state index contributed by atoms with van der Waals surface area (Å²) in [6.07, 6.45) is 2.53. The molecule has 4 nitrogen and oxygen atoms in total. The molecule has 0 bridgehead atoms. The summed E-state index contributed by atoms with van der Waals surface area (Å²) >= 11 is 0. The van der Waals surface area contributed by atoms with Crippen molar-refractivity contribution in [1.29, 1.82) is 0 Å². The fourth-order valence-electron chi connectivity index (χ4n) is 2.68. The molecule has 2 amide bonds. The molecule has 0 spiro atoms. The predicted octanol–water partition coefficient (Wildman–Crippen LogP) is 2.10. The first kappa shape index (κ1) is 15.8. The van der Waals surface area contributed by atoms with Gasteiger partial charge in [-0.05, 0) is 51.0 Å². The summed E-state index contributed by atoms with van der Waals surface area (Å²) in [6, 6.07) is 6.91. The van der Waals surface area contributed by atoms with Crippen molar-refractivity contribution in [3.63, 3.8) is 0 Å². The number of halogens is 1. The number of hydrogen-bond acceptors (Lipinski definition) is 2. The third-order valence-electron chi connectivity index (χ3n) is 4.18. The zero-order valence-electron chi connectivity index (χ0n) is 12.8. The number of amides is 2. The summed E-state index contributed by atoms with van der Waals surface area (Å²) in [5, 5.41) is 2.87. The maximum absolute atomic E-state index is 13.5. The minimum atomic E-state index is -0.213. The first-order valence-electron chi connectivity index (χ1n) is 7.50. The minimum absolute atomic E-state index is 0.0686. The molecule has 116 valence electrons. The first-order valence-corrected chi connectivity index (χ1v) is 7.50. The summed E-state index contributed by atoms with van der Waals surface area (Å²) in [7, 11) is 3.94. The molecule has 0 radical (unpaired) electrons. The molecule has 0 unspecified atom stereocenters. The molecule has 5 heteroatoms. The van der Waals surface area contributed by atoms with Gasteiger partial charge in [0.2, 0.25) is 0 Å². The van der Waals surface area contributed by atoms with E-state index in [0.29, 0.717) is 24.6 Å². The van der Waals surface area contributed by atoms with Crippen LogP contribution in [0.5, 0.6) is 0 Å². The van der Waals surface area contributed by atoms with Gasteiger partial charge < -0.3 is 15.1 Å². The SMILES string of the molecule is CN1CCC(N(C)C(=O)NCCc2ccccc2F)CC1. The quantitative estimate of drug-likeness (QED) is 0.923. The van der Waals surface area contributed by atoms with Gasteiger partial charge >= 0.3 is 6.03 Å². The summed E-state index contributed by atoms with van der Waals surface area (Å²) in [5.41, 5.74) is 0.639. The standard InChI is InChI=1S/C16H24FN3O/c1-19-11-8-14(9-12-19)20(2)16(21)18-10-7-13-5-3-4-6-15(13)17/h3-6,14H,7-12H2,1-2H3,(H,18,21). The molecule has 1 fully saturated rings. The molecule has 0 saturated carbocycles. The molecule has 0 aromatic heterocycles. The molecule has 2 rings (SSSR count). The van der Waals surface area contributed by atoms with Gasteiger partial charge in [-0.3, -0.25) is 0 Å². The van der Waals surface area contributed by atoms with E-state index in [1.54, 1.807) is 17.0 Å². The second-order valence-corrected chi connectivity index (χ2v) is 5.72. The third-order valence-corrected chi connectivity index (χ3v) is 4.18. The zero-order valence-corrected chi connectivity index (χ0v) is 12.8. The molecule has 21 heavy (non-hydrogen) atoms.